The van der Waals surface area contributed by atoms with Crippen LogP contribution in [0.4, 0.5) is 0 Å². The zero-order valence-corrected chi connectivity index (χ0v) is 18.2. The van der Waals surface area contributed by atoms with Gasteiger partial charge in [0.05, 0.1) is 12.2 Å². The largest absolute Gasteiger partial charge is 0.366 e. The number of aryl methyl sites for hydroxylation is 2. The van der Waals surface area contributed by atoms with Crippen molar-refractivity contribution in [2.45, 2.75) is 79.4 Å². The minimum absolute atomic E-state index is 0.0986. The lowest BCUT2D eigenvalue weighted by atomic mass is 9.95. The van der Waals surface area contributed by atoms with Crippen LogP contribution in [0.1, 0.15) is 88.8 Å². The Kier molecular flexibility index (Phi) is 8.57. The second-order valence-electron chi connectivity index (χ2n) is 8.68. The first-order valence-electron chi connectivity index (χ1n) is 10.7. The molecule has 0 aliphatic carbocycles. The van der Waals surface area contributed by atoms with Crippen molar-refractivity contribution in [3.8, 4) is 0 Å². The van der Waals surface area contributed by atoms with Crippen LogP contribution in [0.15, 0.2) is 48.5 Å². The third-order valence-corrected chi connectivity index (χ3v) is 5.38. The fraction of sp³-hybridized carbons (Fsp3) is 0.538. The first-order chi connectivity index (χ1) is 12.9. The summed E-state index contributed by atoms with van der Waals surface area (Å²) in [6.45, 7) is 13.6. The Bertz CT molecular complexity index is 627. The first kappa shape index (κ1) is 21.7. The van der Waals surface area contributed by atoms with E-state index in [1.807, 2.05) is 0 Å². The Morgan fingerprint density at radius 1 is 0.593 bits per heavy atom. The van der Waals surface area contributed by atoms with Crippen LogP contribution < -0.4 is 0 Å². The van der Waals surface area contributed by atoms with E-state index in [1.165, 1.54) is 35.1 Å². The second-order valence-corrected chi connectivity index (χ2v) is 8.68. The van der Waals surface area contributed by atoms with Crippen LogP contribution in [0.3, 0.4) is 0 Å². The standard InChI is InChI=1S/C26H38O/c1-19(2)15-17-23-11-7-9-13-25(23)21(5)27-22(6)26-14-10-8-12-24(26)18-16-20(3)4/h7-14,19-22H,15-18H2,1-6H3. The van der Waals surface area contributed by atoms with Crippen molar-refractivity contribution in [2.24, 2.45) is 11.8 Å². The smallest absolute Gasteiger partial charge is 0.0807 e. The Hall–Kier alpha value is -1.60. The molecule has 0 saturated heterocycles. The minimum atomic E-state index is 0.0986. The van der Waals surface area contributed by atoms with Crippen LogP contribution in [0, 0.1) is 11.8 Å². The van der Waals surface area contributed by atoms with Gasteiger partial charge in [-0.2, -0.15) is 0 Å². The molecular weight excluding hydrogens is 328 g/mol. The van der Waals surface area contributed by atoms with Gasteiger partial charge < -0.3 is 4.74 Å². The molecule has 1 heteroatoms. The third-order valence-electron chi connectivity index (χ3n) is 5.38. The van der Waals surface area contributed by atoms with Gasteiger partial charge in [0, 0.05) is 0 Å². The molecule has 148 valence electrons. The van der Waals surface area contributed by atoms with Crippen molar-refractivity contribution in [1.29, 1.82) is 0 Å². The maximum Gasteiger partial charge on any atom is 0.0807 e. The molecule has 0 spiro atoms. The summed E-state index contributed by atoms with van der Waals surface area (Å²) in [6.07, 6.45) is 4.89. The molecule has 0 aliphatic rings. The van der Waals surface area contributed by atoms with Crippen LogP contribution in [0.5, 0.6) is 0 Å². The molecule has 0 saturated carbocycles. The monoisotopic (exact) mass is 366 g/mol. The summed E-state index contributed by atoms with van der Waals surface area (Å²) in [4.78, 5) is 0. The molecule has 0 radical (unpaired) electrons. The van der Waals surface area contributed by atoms with Gasteiger partial charge in [-0.15, -0.1) is 0 Å². The SMILES string of the molecule is CC(C)CCc1ccccc1C(C)OC(C)c1ccccc1CCC(C)C. The lowest BCUT2D eigenvalue weighted by molar-refractivity contribution is 0.00491. The van der Waals surface area contributed by atoms with Gasteiger partial charge in [0.2, 0.25) is 0 Å². The van der Waals surface area contributed by atoms with Gasteiger partial charge in [0.25, 0.3) is 0 Å². The maximum atomic E-state index is 6.52. The molecule has 2 aromatic carbocycles. The summed E-state index contributed by atoms with van der Waals surface area (Å²) in [5, 5.41) is 0. The van der Waals surface area contributed by atoms with Gasteiger partial charge in [-0.1, -0.05) is 76.2 Å². The highest BCUT2D eigenvalue weighted by Gasteiger charge is 2.17. The number of benzene rings is 2. The van der Waals surface area contributed by atoms with E-state index >= 15 is 0 Å². The van der Waals surface area contributed by atoms with E-state index in [0.29, 0.717) is 0 Å². The predicted octanol–water partition coefficient (Wildman–Crippen LogP) is 7.70. The van der Waals surface area contributed by atoms with E-state index in [4.69, 9.17) is 4.74 Å². The summed E-state index contributed by atoms with van der Waals surface area (Å²) < 4.78 is 6.52. The minimum Gasteiger partial charge on any atom is -0.366 e. The van der Waals surface area contributed by atoms with Crippen LogP contribution in [-0.4, -0.2) is 0 Å². The fourth-order valence-corrected chi connectivity index (χ4v) is 3.66. The highest BCUT2D eigenvalue weighted by atomic mass is 16.5. The van der Waals surface area contributed by atoms with Gasteiger partial charge >= 0.3 is 0 Å². The summed E-state index contributed by atoms with van der Waals surface area (Å²) in [7, 11) is 0. The average Bonchev–Trinajstić information content (AvgIpc) is 2.65. The van der Waals surface area contributed by atoms with E-state index in [0.717, 1.165) is 24.7 Å². The van der Waals surface area contributed by atoms with Crippen molar-refractivity contribution in [2.75, 3.05) is 0 Å². The lowest BCUT2D eigenvalue weighted by Crippen LogP contribution is -2.10. The molecule has 0 aliphatic heterocycles. The van der Waals surface area contributed by atoms with E-state index in [-0.39, 0.29) is 12.2 Å². The molecule has 27 heavy (non-hydrogen) atoms. The van der Waals surface area contributed by atoms with Gasteiger partial charge in [-0.05, 0) is 73.6 Å². The highest BCUT2D eigenvalue weighted by Crippen LogP contribution is 2.31. The van der Waals surface area contributed by atoms with Gasteiger partial charge in [0.15, 0.2) is 0 Å². The van der Waals surface area contributed by atoms with Gasteiger partial charge in [-0.25, -0.2) is 0 Å². The van der Waals surface area contributed by atoms with E-state index in [9.17, 15) is 0 Å². The van der Waals surface area contributed by atoms with Crippen molar-refractivity contribution >= 4 is 0 Å². The number of ether oxygens (including phenoxy) is 1. The molecule has 2 unspecified atom stereocenters. The topological polar surface area (TPSA) is 9.23 Å². The van der Waals surface area contributed by atoms with Gasteiger partial charge in [0.1, 0.15) is 0 Å². The van der Waals surface area contributed by atoms with Crippen molar-refractivity contribution in [3.63, 3.8) is 0 Å². The number of rotatable bonds is 10. The van der Waals surface area contributed by atoms with Crippen molar-refractivity contribution in [1.82, 2.24) is 0 Å². The van der Waals surface area contributed by atoms with E-state index in [2.05, 4.69) is 90.1 Å². The Morgan fingerprint density at radius 2 is 0.963 bits per heavy atom. The molecular formula is C26H38O. The predicted molar refractivity (Wildman–Crippen MR) is 117 cm³/mol. The van der Waals surface area contributed by atoms with Crippen molar-refractivity contribution in [3.05, 3.63) is 70.8 Å². The second kappa shape index (κ2) is 10.7. The normalized spacial score (nSPS) is 13.9. The Morgan fingerprint density at radius 3 is 1.33 bits per heavy atom. The van der Waals surface area contributed by atoms with E-state index in [1.54, 1.807) is 0 Å². The zero-order chi connectivity index (χ0) is 19.8. The average molecular weight is 367 g/mol. The summed E-state index contributed by atoms with van der Waals surface area (Å²) >= 11 is 0. The molecule has 0 N–H and O–H groups in total. The Labute approximate surface area is 167 Å². The molecule has 0 fully saturated rings. The van der Waals surface area contributed by atoms with Crippen molar-refractivity contribution < 1.29 is 4.74 Å². The molecule has 1 nitrogen and oxygen atoms in total. The third kappa shape index (κ3) is 6.81. The lowest BCUT2D eigenvalue weighted by Gasteiger charge is -2.24. The summed E-state index contributed by atoms with van der Waals surface area (Å²) in [6, 6.07) is 17.6. The fourth-order valence-electron chi connectivity index (χ4n) is 3.66. The molecule has 0 amide bonds. The first-order valence-corrected chi connectivity index (χ1v) is 10.7. The maximum absolute atomic E-state index is 6.52. The van der Waals surface area contributed by atoms with E-state index < -0.39 is 0 Å². The summed E-state index contributed by atoms with van der Waals surface area (Å²) in [5.74, 6) is 1.45. The molecule has 0 aromatic heterocycles. The van der Waals surface area contributed by atoms with Crippen LogP contribution in [0.2, 0.25) is 0 Å². The van der Waals surface area contributed by atoms with Crippen LogP contribution in [-0.2, 0) is 17.6 Å². The molecule has 0 bridgehead atoms. The quantitative estimate of drug-likeness (QED) is 0.418. The number of hydrogen-bond donors (Lipinski definition) is 0. The number of hydrogen-bond acceptors (Lipinski definition) is 1. The molecule has 0 heterocycles. The highest BCUT2D eigenvalue weighted by molar-refractivity contribution is 5.31. The van der Waals surface area contributed by atoms with Gasteiger partial charge in [-0.3, -0.25) is 0 Å². The Balaban J connectivity index is 2.11. The van der Waals surface area contributed by atoms with Crippen LogP contribution >= 0.6 is 0 Å². The summed E-state index contributed by atoms with van der Waals surface area (Å²) in [5.41, 5.74) is 5.53. The molecule has 2 atom stereocenters. The molecule has 2 aromatic rings. The zero-order valence-electron chi connectivity index (χ0n) is 18.2. The van der Waals surface area contributed by atoms with Crippen LogP contribution in [0.25, 0.3) is 0 Å². The molecule has 2 rings (SSSR count).